The molecule has 10 bridgehead atoms. The largest absolute Gasteiger partial charge is 0.508 e. The topological polar surface area (TPSA) is 371 Å². The van der Waals surface area contributed by atoms with Crippen molar-refractivity contribution in [3.8, 4) is 49.1 Å². The SMILES string of the molecule is Cc1sc2nc1C(=O)N[C@@H]([C@H](OCC(=O)O)c1ccccc1)c1nc(cs1)C(=O)N[C@@H](Cc1ccc(O)cc1)C(=O)N1C[C@H](O)[C@H](C)[C@H]1c1nc(cs1)-c1nc(cs1)-c1nc(-c3nc(C(N)=O)cs3)ccc1-c1nc(cs1)C(=O)N[C@H]2CC(N)=O. The molecule has 7 atom stereocenters. The summed E-state index contributed by atoms with van der Waals surface area (Å²) in [5, 5.41) is 50.0. The summed E-state index contributed by atoms with van der Waals surface area (Å²) < 4.78 is 6.01. The summed E-state index contributed by atoms with van der Waals surface area (Å²) in [6.07, 6.45) is -2.72. The predicted octanol–water partition coefficient (Wildman–Crippen LogP) is 6.50. The molecule has 1 saturated heterocycles. The van der Waals surface area contributed by atoms with Gasteiger partial charge in [0.05, 0.1) is 30.3 Å². The molecule has 6 amide bonds. The number of primary amides is 2. The third-order valence-electron chi connectivity index (χ3n) is 13.8. The maximum Gasteiger partial charge on any atom is 0.329 e. The first-order valence-electron chi connectivity index (χ1n) is 25.8. The first-order valence-corrected chi connectivity index (χ1v) is 31.0. The maximum atomic E-state index is 15.2. The number of nitrogens with one attached hydrogen (secondary N) is 3. The Balaban J connectivity index is 1.03. The van der Waals surface area contributed by atoms with E-state index in [1.807, 2.05) is 0 Å². The van der Waals surface area contributed by atoms with Gasteiger partial charge in [-0.15, -0.1) is 68.0 Å². The molecule has 0 aliphatic carbocycles. The summed E-state index contributed by atoms with van der Waals surface area (Å²) >= 11 is 6.77. The second-order valence-corrected chi connectivity index (χ2v) is 25.2. The van der Waals surface area contributed by atoms with Gasteiger partial charge in [0.1, 0.15) is 100 Å². The Morgan fingerprint density at radius 1 is 0.682 bits per heavy atom. The minimum atomic E-state index is -1.31. The van der Waals surface area contributed by atoms with Crippen LogP contribution in [0, 0.1) is 12.8 Å². The Hall–Kier alpha value is -8.62. The van der Waals surface area contributed by atoms with Crippen LogP contribution in [0.1, 0.15) is 111 Å². The summed E-state index contributed by atoms with van der Waals surface area (Å²) in [5.74, 6) is -6.23. The molecule has 24 nitrogen and oxygen atoms in total. The Bertz CT molecular complexity index is 4050. The Morgan fingerprint density at radius 3 is 2.06 bits per heavy atom. The number of hydrogen-bond donors (Lipinski definition) is 8. The number of aryl methyl sites for hydroxylation is 1. The van der Waals surface area contributed by atoms with Crippen molar-refractivity contribution in [2.45, 2.75) is 63.1 Å². The molecule has 2 aromatic carbocycles. The van der Waals surface area contributed by atoms with Gasteiger partial charge in [0, 0.05) is 56.2 Å². The number of thiazole rings is 6. The van der Waals surface area contributed by atoms with Crippen LogP contribution >= 0.6 is 68.0 Å². The van der Waals surface area contributed by atoms with E-state index in [4.69, 9.17) is 36.1 Å². The van der Waals surface area contributed by atoms with Gasteiger partial charge in [-0.2, -0.15) is 0 Å². The number of nitrogens with zero attached hydrogens (tertiary/aromatic N) is 8. The standard InChI is InChI=1S/C55H47N13O11S6/c1-23-37(70)16-68-43(23)54-65-36(22-84-54)51-61-32(18-81-51)41-28(12-13-29(58-41)50-62-33(19-82-50)45(57)74)49-63-34(20-80-49)46(75)59-30(15-38(56)71)52-67-40(24(2)85-52)48(77)66-42(44(79-17-39(72)73)26-6-4-3-5-7-26)53-64-35(21-83-53)47(76)60-31(55(68)78)14-25-8-10-27(69)11-9-25/h3-13,18-23,30-31,37,42-44,69-70H,14-17H2,1-2H3,(H2,56,71)(H2,57,74)(H,59,75)(H,60,76)(H,66,77)(H,72,73)/t23-,30-,31-,37-,42-,43-,44+/m0/s1. The molecular formula is C55H47N13O11S6. The molecular weight excluding hydrogens is 1210 g/mol. The van der Waals surface area contributed by atoms with E-state index in [0.29, 0.717) is 64.4 Å². The highest BCUT2D eigenvalue weighted by molar-refractivity contribution is 7.15. The number of benzene rings is 2. The molecule has 0 radical (unpaired) electrons. The van der Waals surface area contributed by atoms with Crippen LogP contribution in [0.2, 0.25) is 0 Å². The maximum absolute atomic E-state index is 15.2. The van der Waals surface area contributed by atoms with E-state index in [0.717, 1.165) is 45.3 Å². The summed E-state index contributed by atoms with van der Waals surface area (Å²) in [6, 6.07) is 13.5. The lowest BCUT2D eigenvalue weighted by Crippen LogP contribution is -2.50. The van der Waals surface area contributed by atoms with Gasteiger partial charge in [-0.25, -0.2) is 39.7 Å². The average Bonchev–Trinajstić information content (AvgIpc) is 3.46. The van der Waals surface area contributed by atoms with E-state index in [2.05, 4.69) is 30.9 Å². The van der Waals surface area contributed by atoms with E-state index in [1.165, 1.54) is 55.8 Å². The number of pyridine rings is 1. The van der Waals surface area contributed by atoms with Gasteiger partial charge in [0.25, 0.3) is 23.6 Å². The lowest BCUT2D eigenvalue weighted by molar-refractivity contribution is -0.145. The van der Waals surface area contributed by atoms with Gasteiger partial charge in [0.2, 0.25) is 11.8 Å². The number of aliphatic carboxylic acids is 1. The minimum absolute atomic E-state index is 0.0214. The molecule has 9 aromatic rings. The second kappa shape index (κ2) is 24.5. The molecule has 85 heavy (non-hydrogen) atoms. The normalized spacial score (nSPS) is 19.5. The molecule has 0 spiro atoms. The molecule has 2 aliphatic rings. The van der Waals surface area contributed by atoms with Crippen molar-refractivity contribution < 1.29 is 53.6 Å². The number of carboxylic acids is 1. The van der Waals surface area contributed by atoms with Gasteiger partial charge in [-0.05, 0) is 42.3 Å². The molecule has 0 saturated carbocycles. The number of aromatic hydroxyl groups is 1. The number of hydrogen-bond acceptors (Lipinski definition) is 23. The number of amides is 6. The zero-order valence-electron chi connectivity index (χ0n) is 44.4. The Kier molecular flexibility index (Phi) is 16.8. The molecule has 2 aliphatic heterocycles. The van der Waals surface area contributed by atoms with Crippen molar-refractivity contribution in [3.63, 3.8) is 0 Å². The van der Waals surface area contributed by atoms with Gasteiger partial charge in [0.15, 0.2) is 0 Å². The van der Waals surface area contributed by atoms with E-state index in [9.17, 15) is 44.1 Å². The highest BCUT2D eigenvalue weighted by atomic mass is 32.1. The van der Waals surface area contributed by atoms with E-state index >= 15 is 4.79 Å². The number of aliphatic hydroxyl groups excluding tert-OH is 1. The molecule has 10 N–H and O–H groups in total. The van der Waals surface area contributed by atoms with Crippen molar-refractivity contribution in [1.29, 1.82) is 0 Å². The van der Waals surface area contributed by atoms with Gasteiger partial charge in [-0.3, -0.25) is 28.8 Å². The van der Waals surface area contributed by atoms with Crippen LogP contribution in [0.4, 0.5) is 0 Å². The number of phenolic OH excluding ortho intramolecular Hbond substituents is 1. The zero-order valence-corrected chi connectivity index (χ0v) is 49.3. The van der Waals surface area contributed by atoms with Crippen LogP contribution < -0.4 is 27.4 Å². The molecule has 11 rings (SSSR count). The predicted molar refractivity (Wildman–Crippen MR) is 316 cm³/mol. The highest BCUT2D eigenvalue weighted by Crippen LogP contribution is 2.43. The lowest BCUT2D eigenvalue weighted by atomic mass is 10.00. The van der Waals surface area contributed by atoms with Crippen molar-refractivity contribution >= 4 is 109 Å². The molecule has 7 aromatic heterocycles. The van der Waals surface area contributed by atoms with E-state index in [1.54, 1.807) is 79.2 Å². The van der Waals surface area contributed by atoms with Crippen LogP contribution in [-0.2, 0) is 25.5 Å². The number of rotatable bonds is 11. The molecule has 1 fully saturated rings. The quantitative estimate of drug-likeness (QED) is 0.0685. The fraction of sp³-hybridized carbons (Fsp3) is 0.236. The third-order valence-corrected chi connectivity index (χ3v) is 19.4. The zero-order chi connectivity index (χ0) is 59.8. The van der Waals surface area contributed by atoms with Crippen LogP contribution in [-0.4, -0.2) is 122 Å². The second-order valence-electron chi connectivity index (χ2n) is 19.6. The molecule has 30 heteroatoms. The van der Waals surface area contributed by atoms with Gasteiger partial charge < -0.3 is 52.4 Å². The summed E-state index contributed by atoms with van der Waals surface area (Å²) in [4.78, 5) is 131. The van der Waals surface area contributed by atoms with Crippen LogP contribution in [0.15, 0.2) is 93.6 Å². The number of aliphatic hydroxyl groups is 1. The Labute approximate surface area is 505 Å². The monoisotopic (exact) mass is 1260 g/mol. The average molecular weight is 1260 g/mol. The lowest BCUT2D eigenvalue weighted by Gasteiger charge is -2.29. The number of nitrogens with two attached hydrogens (primary N) is 2. The number of carboxylic acid groups (broad SMARTS) is 1. The number of carbonyl (C=O) groups excluding carboxylic acids is 6. The third kappa shape index (κ3) is 12.5. The van der Waals surface area contributed by atoms with E-state index in [-0.39, 0.29) is 51.5 Å². The number of phenols is 1. The fourth-order valence-corrected chi connectivity index (χ4v) is 15.0. The highest BCUT2D eigenvalue weighted by Gasteiger charge is 2.45. The number of carbonyl (C=O) groups is 7. The summed E-state index contributed by atoms with van der Waals surface area (Å²) in [5.41, 5.74) is 14.0. The molecule has 9 heterocycles. The number of ether oxygens (including phenoxy) is 1. The van der Waals surface area contributed by atoms with Crippen LogP contribution in [0.3, 0.4) is 0 Å². The Morgan fingerprint density at radius 2 is 1.33 bits per heavy atom. The summed E-state index contributed by atoms with van der Waals surface area (Å²) in [7, 11) is 0. The van der Waals surface area contributed by atoms with Gasteiger partial charge >= 0.3 is 5.97 Å². The number of aromatic nitrogens is 7. The van der Waals surface area contributed by atoms with Gasteiger partial charge in [-0.1, -0.05) is 49.4 Å². The fourth-order valence-electron chi connectivity index (χ4n) is 9.65. The van der Waals surface area contributed by atoms with Crippen molar-refractivity contribution in [2.75, 3.05) is 13.2 Å². The first kappa shape index (κ1) is 58.2. The summed E-state index contributed by atoms with van der Waals surface area (Å²) in [6.45, 7) is 2.49. The van der Waals surface area contributed by atoms with E-state index < -0.39 is 96.7 Å². The molecule has 434 valence electrons. The number of fused-ring (bicyclic) bond motifs is 16. The van der Waals surface area contributed by atoms with Crippen molar-refractivity contribution in [1.82, 2.24) is 55.7 Å². The van der Waals surface area contributed by atoms with Crippen molar-refractivity contribution in [2.24, 2.45) is 17.4 Å². The first-order chi connectivity index (χ1) is 40.8. The van der Waals surface area contributed by atoms with Crippen molar-refractivity contribution in [3.05, 3.63) is 147 Å². The van der Waals surface area contributed by atoms with Crippen LogP contribution in [0.5, 0.6) is 5.75 Å². The van der Waals surface area contributed by atoms with Crippen LogP contribution in [0.25, 0.3) is 43.4 Å². The minimum Gasteiger partial charge on any atom is -0.508 e. The molecule has 0 unspecified atom stereocenters. The smallest absolute Gasteiger partial charge is 0.329 e.